The standard InChI is InChI=1S/C29H32Cl2FN5O5S/c1-14(30)33-10-7-17(32)21-24-25(38)35-19-13-42-20(12-34-43(4,40)41)23-22(19)28(37-24,9-8-27(23,2)3)29(21)16-6-5-15(31)11-18(16)36-26(29)39/h5-7,10-11,19-21,24,34,37H,1,8-9,12-13H2,2-4H3,(H,35,38)(H,36,39)/b17-7-,33-10-/t19-,20+,21-,24+,28?,29+/m0/s1. The zero-order valence-corrected chi connectivity index (χ0v) is 26.1. The molecule has 10 nitrogen and oxygen atoms in total. The van der Waals surface area contributed by atoms with Crippen molar-refractivity contribution in [3.05, 3.63) is 63.6 Å². The van der Waals surface area contributed by atoms with E-state index in [1.54, 1.807) is 18.2 Å². The van der Waals surface area contributed by atoms with Gasteiger partial charge in [-0.05, 0) is 53.2 Å². The van der Waals surface area contributed by atoms with Crippen molar-refractivity contribution in [1.82, 2.24) is 15.4 Å². The van der Waals surface area contributed by atoms with E-state index in [4.69, 9.17) is 27.9 Å². The summed E-state index contributed by atoms with van der Waals surface area (Å²) in [7, 11) is -3.56. The molecule has 43 heavy (non-hydrogen) atoms. The first-order chi connectivity index (χ1) is 20.1. The molecule has 4 heterocycles. The molecule has 0 saturated carbocycles. The SMILES string of the molecule is C=C(Cl)/N=C\C=C(/F)[C@H]1[C@H]2NC3(CCC(C)(C)C4=C3[C@H](CO[C@@H]4CNS(C)(=O)=O)NC2=O)[C@@]12C(=O)Nc1cc(Cl)ccc12. The molecule has 2 fully saturated rings. The number of amides is 2. The van der Waals surface area contributed by atoms with Gasteiger partial charge in [0.05, 0.1) is 42.5 Å². The third-order valence-electron chi connectivity index (χ3n) is 9.50. The van der Waals surface area contributed by atoms with Crippen molar-refractivity contribution in [2.75, 3.05) is 24.7 Å². The molecule has 4 aliphatic heterocycles. The summed E-state index contributed by atoms with van der Waals surface area (Å²) in [4.78, 5) is 32.4. The molecule has 1 aromatic rings. The second kappa shape index (κ2) is 10.2. The van der Waals surface area contributed by atoms with Gasteiger partial charge in [0.25, 0.3) is 0 Å². The average molecular weight is 653 g/mol. The number of sulfonamides is 1. The minimum absolute atomic E-state index is 0.0386. The van der Waals surface area contributed by atoms with Crippen LogP contribution in [0, 0.1) is 11.3 Å². The Bertz CT molecular complexity index is 1660. The van der Waals surface area contributed by atoms with Crippen molar-refractivity contribution in [2.24, 2.45) is 16.3 Å². The van der Waals surface area contributed by atoms with E-state index in [-0.39, 0.29) is 18.3 Å². The number of carbonyl (C=O) groups is 2. The molecule has 230 valence electrons. The molecule has 0 aromatic heterocycles. The Kier molecular flexibility index (Phi) is 7.23. The molecule has 14 heteroatoms. The van der Waals surface area contributed by atoms with Gasteiger partial charge >= 0.3 is 0 Å². The first kappa shape index (κ1) is 30.4. The summed E-state index contributed by atoms with van der Waals surface area (Å²) in [5.74, 6) is -2.98. The number of nitrogens with zero attached hydrogens (tertiary/aromatic N) is 1. The maximum atomic E-state index is 16.6. The first-order valence-corrected chi connectivity index (χ1v) is 16.5. The molecule has 2 saturated heterocycles. The Hall–Kier alpha value is -2.61. The fraction of sp³-hybridized carbons (Fsp3) is 0.483. The van der Waals surface area contributed by atoms with Gasteiger partial charge in [0.2, 0.25) is 21.8 Å². The molecule has 6 atom stereocenters. The summed E-state index contributed by atoms with van der Waals surface area (Å²) in [6.07, 6.45) is 3.57. The van der Waals surface area contributed by atoms with Gasteiger partial charge in [0, 0.05) is 23.5 Å². The minimum atomic E-state index is -3.56. The van der Waals surface area contributed by atoms with Crippen molar-refractivity contribution < 1.29 is 27.1 Å². The molecule has 0 radical (unpaired) electrons. The smallest absolute Gasteiger partial charge is 0.238 e. The summed E-state index contributed by atoms with van der Waals surface area (Å²) in [6.45, 7) is 7.56. The number of hydrogen-bond donors (Lipinski definition) is 4. The van der Waals surface area contributed by atoms with Crippen molar-refractivity contribution in [3.63, 3.8) is 0 Å². The van der Waals surface area contributed by atoms with Gasteiger partial charge in [-0.15, -0.1) is 0 Å². The number of ether oxygens (including phenoxy) is 1. The van der Waals surface area contributed by atoms with Crippen LogP contribution in [0.2, 0.25) is 5.02 Å². The van der Waals surface area contributed by atoms with E-state index in [0.717, 1.165) is 29.7 Å². The van der Waals surface area contributed by atoms with E-state index in [2.05, 4.69) is 32.2 Å². The van der Waals surface area contributed by atoms with Gasteiger partial charge in [-0.3, -0.25) is 14.9 Å². The van der Waals surface area contributed by atoms with Crippen LogP contribution in [0.1, 0.15) is 32.3 Å². The van der Waals surface area contributed by atoms with E-state index in [0.29, 0.717) is 29.1 Å². The fourth-order valence-corrected chi connectivity index (χ4v) is 8.74. The van der Waals surface area contributed by atoms with Crippen LogP contribution < -0.4 is 20.7 Å². The number of benzene rings is 1. The molecule has 1 unspecified atom stereocenters. The number of carbonyl (C=O) groups excluding carboxylic acids is 2. The van der Waals surface area contributed by atoms with E-state index in [9.17, 15) is 18.0 Å². The predicted octanol–water partition coefficient (Wildman–Crippen LogP) is 3.05. The number of rotatable bonds is 6. The lowest BCUT2D eigenvalue weighted by Crippen LogP contribution is -2.67. The highest BCUT2D eigenvalue weighted by molar-refractivity contribution is 7.88. The molecular weight excluding hydrogens is 620 g/mol. The van der Waals surface area contributed by atoms with Crippen LogP contribution in [-0.2, 0) is 29.8 Å². The predicted molar refractivity (Wildman–Crippen MR) is 162 cm³/mol. The summed E-state index contributed by atoms with van der Waals surface area (Å²) in [6, 6.07) is 3.20. The maximum Gasteiger partial charge on any atom is 0.238 e. The zero-order valence-electron chi connectivity index (χ0n) is 23.8. The molecule has 2 amide bonds. The third-order valence-corrected chi connectivity index (χ3v) is 10.5. The summed E-state index contributed by atoms with van der Waals surface area (Å²) in [5.41, 5.74) is -0.918. The van der Waals surface area contributed by atoms with Crippen molar-refractivity contribution in [2.45, 2.75) is 55.8 Å². The van der Waals surface area contributed by atoms with Gasteiger partial charge in [-0.2, -0.15) is 0 Å². The lowest BCUT2D eigenvalue weighted by atomic mass is 9.50. The quantitative estimate of drug-likeness (QED) is 0.212. The van der Waals surface area contributed by atoms with Gasteiger partial charge in [-0.25, -0.2) is 22.5 Å². The molecule has 2 bridgehead atoms. The highest BCUT2D eigenvalue weighted by Gasteiger charge is 2.77. The van der Waals surface area contributed by atoms with Crippen LogP contribution in [0.3, 0.4) is 0 Å². The molecule has 1 aromatic carbocycles. The second-order valence-electron chi connectivity index (χ2n) is 12.4. The van der Waals surface area contributed by atoms with Crippen molar-refractivity contribution in [1.29, 1.82) is 0 Å². The highest BCUT2D eigenvalue weighted by atomic mass is 35.5. The first-order valence-electron chi connectivity index (χ1n) is 13.9. The van der Waals surface area contributed by atoms with Crippen LogP contribution in [-0.4, -0.2) is 69.6 Å². The Balaban J connectivity index is 1.67. The number of hydrogen-bond acceptors (Lipinski definition) is 7. The van der Waals surface area contributed by atoms with Gasteiger partial charge in [-0.1, -0.05) is 49.7 Å². The molecule has 2 spiro atoms. The van der Waals surface area contributed by atoms with E-state index < -0.39 is 68.1 Å². The number of halogens is 3. The molecular formula is C29H32Cl2FN5O5S. The van der Waals surface area contributed by atoms with Crippen molar-refractivity contribution in [3.8, 4) is 0 Å². The Morgan fingerprint density at radius 1 is 1.28 bits per heavy atom. The van der Waals surface area contributed by atoms with Crippen LogP contribution >= 0.6 is 23.2 Å². The Labute approximate surface area is 259 Å². The molecule has 6 rings (SSSR count). The molecule has 5 aliphatic rings. The molecule has 4 N–H and O–H groups in total. The summed E-state index contributed by atoms with van der Waals surface area (Å²) >= 11 is 12.1. The number of anilines is 1. The second-order valence-corrected chi connectivity index (χ2v) is 15.1. The number of aliphatic imine (C=N–C) groups is 1. The van der Waals surface area contributed by atoms with Gasteiger partial charge in [0.1, 0.15) is 16.4 Å². The van der Waals surface area contributed by atoms with Crippen LogP contribution in [0.25, 0.3) is 0 Å². The summed E-state index contributed by atoms with van der Waals surface area (Å²) < 4.78 is 49.6. The van der Waals surface area contributed by atoms with Crippen LogP contribution in [0.15, 0.2) is 58.0 Å². The minimum Gasteiger partial charge on any atom is -0.370 e. The maximum absolute atomic E-state index is 16.6. The van der Waals surface area contributed by atoms with E-state index >= 15 is 4.39 Å². The van der Waals surface area contributed by atoms with E-state index in [1.165, 1.54) is 0 Å². The van der Waals surface area contributed by atoms with E-state index in [1.807, 2.05) is 13.8 Å². The normalized spacial score (nSPS) is 34.6. The lowest BCUT2D eigenvalue weighted by molar-refractivity contribution is -0.127. The van der Waals surface area contributed by atoms with Crippen LogP contribution in [0.4, 0.5) is 10.1 Å². The average Bonchev–Trinajstić information content (AvgIpc) is 3.32. The lowest BCUT2D eigenvalue weighted by Gasteiger charge is -2.56. The number of nitrogens with one attached hydrogen (secondary N) is 4. The Morgan fingerprint density at radius 2 is 2.02 bits per heavy atom. The number of allylic oxidation sites excluding steroid dienone is 1. The van der Waals surface area contributed by atoms with Crippen molar-refractivity contribution >= 4 is 56.9 Å². The highest BCUT2D eigenvalue weighted by Crippen LogP contribution is 2.66. The summed E-state index contributed by atoms with van der Waals surface area (Å²) in [5, 5.41) is 9.81. The fourth-order valence-electron chi connectivity index (χ4n) is 8.05. The largest absolute Gasteiger partial charge is 0.370 e. The van der Waals surface area contributed by atoms with Gasteiger partial charge < -0.3 is 15.4 Å². The monoisotopic (exact) mass is 651 g/mol. The topological polar surface area (TPSA) is 138 Å². The number of fused-ring (bicyclic) bond motifs is 3. The van der Waals surface area contributed by atoms with Gasteiger partial charge in [0.15, 0.2) is 0 Å². The van der Waals surface area contributed by atoms with Crippen LogP contribution in [0.5, 0.6) is 0 Å². The molecule has 1 aliphatic carbocycles. The zero-order chi connectivity index (χ0) is 31.1. The Morgan fingerprint density at radius 3 is 2.72 bits per heavy atom. The third kappa shape index (κ3) is 4.52.